The molecule has 0 saturated heterocycles. The van der Waals surface area contributed by atoms with Crippen LogP contribution < -0.4 is 4.72 Å². The fourth-order valence-electron chi connectivity index (χ4n) is 2.59. The zero-order valence-corrected chi connectivity index (χ0v) is 16.2. The zero-order chi connectivity index (χ0) is 19.3. The topological polar surface area (TPSA) is 85.1 Å². The van der Waals surface area contributed by atoms with Crippen LogP contribution in [0.2, 0.25) is 0 Å². The summed E-state index contributed by atoms with van der Waals surface area (Å²) < 4.78 is 32.6. The first-order valence-corrected chi connectivity index (χ1v) is 10.4. The summed E-state index contributed by atoms with van der Waals surface area (Å²) in [5.74, 6) is 1.41. The molecule has 0 radical (unpaired) electrons. The molecule has 3 aromatic rings. The highest BCUT2D eigenvalue weighted by Crippen LogP contribution is 2.21. The highest BCUT2D eigenvalue weighted by atomic mass is 32.2. The lowest BCUT2D eigenvalue weighted by molar-refractivity contribution is 0.368. The molecule has 0 bridgehead atoms. The largest absolute Gasteiger partial charge is 0.339 e. The maximum absolute atomic E-state index is 12.4. The second kappa shape index (κ2) is 8.45. The maximum atomic E-state index is 12.4. The van der Waals surface area contributed by atoms with Crippen LogP contribution in [0.15, 0.2) is 64.0 Å². The summed E-state index contributed by atoms with van der Waals surface area (Å²) >= 11 is 0. The van der Waals surface area contributed by atoms with Crippen LogP contribution in [0.4, 0.5) is 0 Å². The van der Waals surface area contributed by atoms with E-state index in [4.69, 9.17) is 4.52 Å². The van der Waals surface area contributed by atoms with E-state index in [-0.39, 0.29) is 10.8 Å². The summed E-state index contributed by atoms with van der Waals surface area (Å²) in [6.45, 7) is 4.29. The number of sulfonamides is 1. The second-order valence-electron chi connectivity index (χ2n) is 6.59. The molecule has 0 atom stereocenters. The quantitative estimate of drug-likeness (QED) is 0.597. The summed E-state index contributed by atoms with van der Waals surface area (Å²) in [5, 5.41) is 3.90. The van der Waals surface area contributed by atoms with Crippen molar-refractivity contribution >= 4 is 10.0 Å². The third-order valence-corrected chi connectivity index (χ3v) is 5.61. The molecule has 0 fully saturated rings. The van der Waals surface area contributed by atoms with Crippen LogP contribution in [-0.2, 0) is 16.4 Å². The number of hydrogen-bond acceptors (Lipinski definition) is 5. The van der Waals surface area contributed by atoms with Gasteiger partial charge in [0.25, 0.3) is 0 Å². The fraction of sp³-hybridized carbons (Fsp3) is 0.300. The normalized spacial score (nSPS) is 11.8. The molecule has 0 saturated carbocycles. The summed E-state index contributed by atoms with van der Waals surface area (Å²) in [5.41, 5.74) is 2.03. The number of rotatable bonds is 8. The average Bonchev–Trinajstić information content (AvgIpc) is 3.15. The molecule has 0 aliphatic heterocycles. The van der Waals surface area contributed by atoms with E-state index in [1.165, 1.54) is 0 Å². The van der Waals surface area contributed by atoms with Crippen LogP contribution in [0.3, 0.4) is 0 Å². The molecule has 1 heterocycles. The van der Waals surface area contributed by atoms with Crippen LogP contribution in [0.5, 0.6) is 0 Å². The SMILES string of the molecule is CC(C)c1noc(CCCNS(=O)(=O)c2ccc(-c3ccccc3)cc2)n1. The van der Waals surface area contributed by atoms with E-state index in [9.17, 15) is 8.42 Å². The average molecular weight is 385 g/mol. The Morgan fingerprint density at radius 2 is 1.67 bits per heavy atom. The molecule has 3 rings (SSSR count). The van der Waals surface area contributed by atoms with Crippen molar-refractivity contribution in [3.63, 3.8) is 0 Å². The zero-order valence-electron chi connectivity index (χ0n) is 15.4. The number of aromatic nitrogens is 2. The van der Waals surface area contributed by atoms with E-state index in [2.05, 4.69) is 14.9 Å². The molecule has 142 valence electrons. The van der Waals surface area contributed by atoms with Crippen LogP contribution in [0.1, 0.15) is 37.9 Å². The predicted molar refractivity (Wildman–Crippen MR) is 104 cm³/mol. The van der Waals surface area contributed by atoms with Crippen molar-refractivity contribution in [2.75, 3.05) is 6.54 Å². The first-order chi connectivity index (χ1) is 13.0. The standard InChI is InChI=1S/C20H23N3O3S/c1-15(2)20-22-19(26-23-20)9-6-14-21-27(24,25)18-12-10-17(11-13-18)16-7-4-3-5-8-16/h3-5,7-8,10-13,15,21H,6,9,14H2,1-2H3. The van der Waals surface area contributed by atoms with Gasteiger partial charge in [0, 0.05) is 18.9 Å². The molecule has 0 aliphatic rings. The van der Waals surface area contributed by atoms with Gasteiger partial charge in [0.1, 0.15) is 0 Å². The highest BCUT2D eigenvalue weighted by Gasteiger charge is 2.14. The van der Waals surface area contributed by atoms with Crippen LogP contribution in [0, 0.1) is 0 Å². The minimum atomic E-state index is -3.54. The summed E-state index contributed by atoms with van der Waals surface area (Å²) in [4.78, 5) is 4.54. The molecule has 0 amide bonds. The fourth-order valence-corrected chi connectivity index (χ4v) is 3.66. The van der Waals surface area contributed by atoms with Gasteiger partial charge < -0.3 is 4.52 Å². The van der Waals surface area contributed by atoms with Crippen molar-refractivity contribution in [2.24, 2.45) is 0 Å². The van der Waals surface area contributed by atoms with Gasteiger partial charge >= 0.3 is 0 Å². The smallest absolute Gasteiger partial charge is 0.240 e. The number of nitrogens with one attached hydrogen (secondary N) is 1. The van der Waals surface area contributed by atoms with Crippen LogP contribution >= 0.6 is 0 Å². The van der Waals surface area contributed by atoms with Crippen molar-refractivity contribution in [3.8, 4) is 11.1 Å². The Morgan fingerprint density at radius 1 is 1.00 bits per heavy atom. The second-order valence-corrected chi connectivity index (χ2v) is 8.36. The van der Waals surface area contributed by atoms with Gasteiger partial charge in [0.05, 0.1) is 4.90 Å². The predicted octanol–water partition coefficient (Wildman–Crippen LogP) is 3.77. The van der Waals surface area contributed by atoms with Crippen molar-refractivity contribution in [1.82, 2.24) is 14.9 Å². The summed E-state index contributed by atoms with van der Waals surface area (Å²) in [6, 6.07) is 16.7. The Labute approximate surface area is 159 Å². The highest BCUT2D eigenvalue weighted by molar-refractivity contribution is 7.89. The van der Waals surface area contributed by atoms with Crippen LogP contribution in [0.25, 0.3) is 11.1 Å². The molecule has 0 aliphatic carbocycles. The molecular weight excluding hydrogens is 362 g/mol. The van der Waals surface area contributed by atoms with E-state index in [0.29, 0.717) is 31.1 Å². The molecule has 6 nitrogen and oxygen atoms in total. The Morgan fingerprint density at radius 3 is 2.30 bits per heavy atom. The number of hydrogen-bond donors (Lipinski definition) is 1. The van der Waals surface area contributed by atoms with Gasteiger partial charge in [0.2, 0.25) is 15.9 Å². The van der Waals surface area contributed by atoms with Gasteiger partial charge in [-0.15, -0.1) is 0 Å². The molecule has 27 heavy (non-hydrogen) atoms. The van der Waals surface area contributed by atoms with E-state index in [0.717, 1.165) is 11.1 Å². The lowest BCUT2D eigenvalue weighted by Gasteiger charge is -2.07. The number of benzene rings is 2. The summed E-state index contributed by atoms with van der Waals surface area (Å²) in [7, 11) is -3.54. The lowest BCUT2D eigenvalue weighted by atomic mass is 10.1. The van der Waals surface area contributed by atoms with Gasteiger partial charge in [0.15, 0.2) is 5.82 Å². The van der Waals surface area contributed by atoms with Crippen molar-refractivity contribution in [1.29, 1.82) is 0 Å². The van der Waals surface area contributed by atoms with Gasteiger partial charge in [-0.25, -0.2) is 13.1 Å². The van der Waals surface area contributed by atoms with Crippen molar-refractivity contribution < 1.29 is 12.9 Å². The Bertz CT molecular complexity index is 965. The first-order valence-electron chi connectivity index (χ1n) is 8.93. The monoisotopic (exact) mass is 385 g/mol. The van der Waals surface area contributed by atoms with E-state index >= 15 is 0 Å². The first kappa shape index (κ1) is 19.3. The lowest BCUT2D eigenvalue weighted by Crippen LogP contribution is -2.25. The number of nitrogens with zero attached hydrogens (tertiary/aromatic N) is 2. The Kier molecular flexibility index (Phi) is 6.03. The molecule has 2 aromatic carbocycles. The Hall–Kier alpha value is -2.51. The molecule has 0 spiro atoms. The van der Waals surface area contributed by atoms with Crippen molar-refractivity contribution in [3.05, 3.63) is 66.3 Å². The van der Waals surface area contributed by atoms with Gasteiger partial charge in [-0.3, -0.25) is 0 Å². The van der Waals surface area contributed by atoms with E-state index in [1.54, 1.807) is 12.1 Å². The molecular formula is C20H23N3O3S. The minimum Gasteiger partial charge on any atom is -0.339 e. The van der Waals surface area contributed by atoms with E-state index in [1.807, 2.05) is 56.3 Å². The summed E-state index contributed by atoms with van der Waals surface area (Å²) in [6.07, 6.45) is 1.12. The number of aryl methyl sites for hydroxylation is 1. The molecule has 0 unspecified atom stereocenters. The third-order valence-electron chi connectivity index (χ3n) is 4.13. The van der Waals surface area contributed by atoms with E-state index < -0.39 is 10.0 Å². The minimum absolute atomic E-state index is 0.208. The Balaban J connectivity index is 1.55. The van der Waals surface area contributed by atoms with Gasteiger partial charge in [-0.2, -0.15) is 4.98 Å². The van der Waals surface area contributed by atoms with Gasteiger partial charge in [-0.1, -0.05) is 61.5 Å². The molecule has 1 N–H and O–H groups in total. The third kappa shape index (κ3) is 5.02. The van der Waals surface area contributed by atoms with Crippen LogP contribution in [-0.4, -0.2) is 25.1 Å². The molecule has 7 heteroatoms. The maximum Gasteiger partial charge on any atom is 0.240 e. The molecule has 1 aromatic heterocycles. The van der Waals surface area contributed by atoms with Crippen molar-refractivity contribution in [2.45, 2.75) is 37.5 Å². The van der Waals surface area contributed by atoms with Gasteiger partial charge in [-0.05, 0) is 29.7 Å².